The molecule has 0 atom stereocenters. The summed E-state index contributed by atoms with van der Waals surface area (Å²) in [6, 6.07) is 3.90. The lowest BCUT2D eigenvalue weighted by atomic mass is 10.2. The Bertz CT molecular complexity index is 517. The first kappa shape index (κ1) is 12.3. The molecule has 0 spiro atoms. The molecule has 17 heavy (non-hydrogen) atoms. The van der Waals surface area contributed by atoms with Crippen molar-refractivity contribution in [2.75, 3.05) is 5.32 Å². The van der Waals surface area contributed by atoms with Gasteiger partial charge in [0, 0.05) is 34.0 Å². The molecule has 0 amide bonds. The van der Waals surface area contributed by atoms with E-state index in [1.165, 1.54) is 6.33 Å². The normalized spacial score (nSPS) is 10.3. The zero-order valence-electron chi connectivity index (χ0n) is 9.24. The van der Waals surface area contributed by atoms with Crippen LogP contribution in [0.1, 0.15) is 11.1 Å². The molecular weight excluding hydrogens is 302 g/mol. The van der Waals surface area contributed by atoms with Crippen LogP contribution in [0.3, 0.4) is 0 Å². The van der Waals surface area contributed by atoms with E-state index in [2.05, 4.69) is 31.2 Å². The van der Waals surface area contributed by atoms with Crippen LogP contribution < -0.4 is 5.32 Å². The van der Waals surface area contributed by atoms with E-state index in [9.17, 15) is 0 Å². The molecule has 0 saturated heterocycles. The van der Waals surface area contributed by atoms with Crippen LogP contribution in [-0.4, -0.2) is 9.97 Å². The Labute approximate surface area is 113 Å². The predicted molar refractivity (Wildman–Crippen MR) is 73.2 cm³/mol. The van der Waals surface area contributed by atoms with Crippen molar-refractivity contribution in [2.45, 2.75) is 13.5 Å². The van der Waals surface area contributed by atoms with Crippen molar-refractivity contribution in [1.29, 1.82) is 0 Å². The van der Waals surface area contributed by atoms with Crippen molar-refractivity contribution in [3.8, 4) is 0 Å². The minimum Gasteiger partial charge on any atom is -0.380 e. The molecule has 0 radical (unpaired) electrons. The Morgan fingerprint density at radius 3 is 2.71 bits per heavy atom. The zero-order valence-corrected chi connectivity index (χ0v) is 11.6. The summed E-state index contributed by atoms with van der Waals surface area (Å²) in [6.45, 7) is 2.64. The third-order valence-electron chi connectivity index (χ3n) is 2.35. The minimum atomic E-state index is 0.666. The molecule has 0 aliphatic carbocycles. The van der Waals surface area contributed by atoms with Gasteiger partial charge in [-0.1, -0.05) is 11.6 Å². The Kier molecular flexibility index (Phi) is 3.97. The standard InChI is InChI=1S/C12H11BrClN3/c1-8-2-10(13)12(3-11(8)14)17-6-9-4-15-7-16-5-9/h2-5,7,17H,6H2,1H3. The molecule has 3 nitrogen and oxygen atoms in total. The van der Waals surface area contributed by atoms with Gasteiger partial charge in [-0.3, -0.25) is 0 Å². The van der Waals surface area contributed by atoms with E-state index in [0.717, 1.165) is 26.3 Å². The van der Waals surface area contributed by atoms with Crippen LogP contribution in [0.25, 0.3) is 0 Å². The van der Waals surface area contributed by atoms with Gasteiger partial charge >= 0.3 is 0 Å². The predicted octanol–water partition coefficient (Wildman–Crippen LogP) is 3.81. The molecule has 88 valence electrons. The van der Waals surface area contributed by atoms with Crippen molar-refractivity contribution in [1.82, 2.24) is 9.97 Å². The largest absolute Gasteiger partial charge is 0.380 e. The van der Waals surface area contributed by atoms with Gasteiger partial charge in [0.1, 0.15) is 6.33 Å². The Balaban J connectivity index is 2.12. The minimum absolute atomic E-state index is 0.666. The quantitative estimate of drug-likeness (QED) is 0.936. The molecule has 1 heterocycles. The van der Waals surface area contributed by atoms with Gasteiger partial charge in [0.15, 0.2) is 0 Å². The van der Waals surface area contributed by atoms with E-state index in [0.29, 0.717) is 6.54 Å². The summed E-state index contributed by atoms with van der Waals surface area (Å²) in [5.41, 5.74) is 3.03. The average Bonchev–Trinajstić information content (AvgIpc) is 2.33. The topological polar surface area (TPSA) is 37.8 Å². The first-order chi connectivity index (χ1) is 8.16. The molecule has 0 saturated carbocycles. The fraction of sp³-hybridized carbons (Fsp3) is 0.167. The summed E-state index contributed by atoms with van der Waals surface area (Å²) in [5.74, 6) is 0. The summed E-state index contributed by atoms with van der Waals surface area (Å²) in [5, 5.41) is 4.04. The maximum absolute atomic E-state index is 6.08. The van der Waals surface area contributed by atoms with E-state index < -0.39 is 0 Å². The molecule has 0 aliphatic rings. The summed E-state index contributed by atoms with van der Waals surface area (Å²) < 4.78 is 0.997. The molecule has 1 N–H and O–H groups in total. The molecule has 2 rings (SSSR count). The lowest BCUT2D eigenvalue weighted by Crippen LogP contribution is -2.01. The van der Waals surface area contributed by atoms with Crippen LogP contribution in [0.5, 0.6) is 0 Å². The molecule has 0 aliphatic heterocycles. The van der Waals surface area contributed by atoms with E-state index in [4.69, 9.17) is 11.6 Å². The summed E-state index contributed by atoms with van der Waals surface area (Å²) in [6.07, 6.45) is 5.08. The number of nitrogens with zero attached hydrogens (tertiary/aromatic N) is 2. The lowest BCUT2D eigenvalue weighted by Gasteiger charge is -2.10. The van der Waals surface area contributed by atoms with Gasteiger partial charge in [0.2, 0.25) is 0 Å². The number of aromatic nitrogens is 2. The van der Waals surface area contributed by atoms with Crippen LogP contribution >= 0.6 is 27.5 Å². The third-order valence-corrected chi connectivity index (χ3v) is 3.41. The van der Waals surface area contributed by atoms with Crippen molar-refractivity contribution in [2.24, 2.45) is 0 Å². The highest BCUT2D eigenvalue weighted by Gasteiger charge is 2.04. The van der Waals surface area contributed by atoms with Gasteiger partial charge in [-0.2, -0.15) is 0 Å². The highest BCUT2D eigenvalue weighted by molar-refractivity contribution is 9.10. The second kappa shape index (κ2) is 5.47. The number of nitrogens with one attached hydrogen (secondary N) is 1. The second-order valence-electron chi connectivity index (χ2n) is 3.68. The Hall–Kier alpha value is -1.13. The number of halogens is 2. The summed E-state index contributed by atoms with van der Waals surface area (Å²) in [7, 11) is 0. The highest BCUT2D eigenvalue weighted by Crippen LogP contribution is 2.29. The second-order valence-corrected chi connectivity index (χ2v) is 4.94. The monoisotopic (exact) mass is 311 g/mol. The van der Waals surface area contributed by atoms with Crippen LogP contribution in [0.4, 0.5) is 5.69 Å². The van der Waals surface area contributed by atoms with Crippen molar-refractivity contribution in [3.63, 3.8) is 0 Å². The number of aryl methyl sites for hydroxylation is 1. The van der Waals surface area contributed by atoms with Gasteiger partial charge < -0.3 is 5.32 Å². The zero-order chi connectivity index (χ0) is 12.3. The van der Waals surface area contributed by atoms with E-state index in [1.54, 1.807) is 12.4 Å². The van der Waals surface area contributed by atoms with Crippen LogP contribution in [-0.2, 0) is 6.54 Å². The van der Waals surface area contributed by atoms with Gasteiger partial charge in [-0.25, -0.2) is 9.97 Å². The highest BCUT2D eigenvalue weighted by atomic mass is 79.9. The summed E-state index contributed by atoms with van der Waals surface area (Å²) >= 11 is 9.58. The fourth-order valence-corrected chi connectivity index (χ4v) is 2.16. The molecule has 2 aromatic rings. The Morgan fingerprint density at radius 1 is 1.29 bits per heavy atom. The first-order valence-corrected chi connectivity index (χ1v) is 6.27. The number of hydrogen-bond acceptors (Lipinski definition) is 3. The third kappa shape index (κ3) is 3.17. The van der Waals surface area contributed by atoms with Gasteiger partial charge in [0.25, 0.3) is 0 Å². The molecule has 1 aromatic carbocycles. The van der Waals surface area contributed by atoms with E-state index in [-0.39, 0.29) is 0 Å². The van der Waals surface area contributed by atoms with Gasteiger partial charge in [-0.15, -0.1) is 0 Å². The van der Waals surface area contributed by atoms with Crippen molar-refractivity contribution in [3.05, 3.63) is 51.5 Å². The van der Waals surface area contributed by atoms with Crippen molar-refractivity contribution < 1.29 is 0 Å². The molecule has 5 heteroatoms. The number of rotatable bonds is 3. The SMILES string of the molecule is Cc1cc(Br)c(NCc2cncnc2)cc1Cl. The van der Waals surface area contributed by atoms with Gasteiger partial charge in [-0.05, 0) is 40.5 Å². The van der Waals surface area contributed by atoms with Crippen molar-refractivity contribution >= 4 is 33.2 Å². The average molecular weight is 313 g/mol. The number of benzene rings is 1. The van der Waals surface area contributed by atoms with Crippen LogP contribution in [0, 0.1) is 6.92 Å². The molecular formula is C12H11BrClN3. The molecule has 0 bridgehead atoms. The lowest BCUT2D eigenvalue weighted by molar-refractivity contribution is 1.05. The maximum atomic E-state index is 6.08. The number of hydrogen-bond donors (Lipinski definition) is 1. The maximum Gasteiger partial charge on any atom is 0.115 e. The van der Waals surface area contributed by atoms with Gasteiger partial charge in [0.05, 0.1) is 5.69 Å². The summed E-state index contributed by atoms with van der Waals surface area (Å²) in [4.78, 5) is 7.92. The van der Waals surface area contributed by atoms with Crippen LogP contribution in [0.2, 0.25) is 5.02 Å². The molecule has 0 unspecified atom stereocenters. The van der Waals surface area contributed by atoms with E-state index in [1.807, 2.05) is 19.1 Å². The Morgan fingerprint density at radius 2 is 2.00 bits per heavy atom. The molecule has 0 fully saturated rings. The smallest absolute Gasteiger partial charge is 0.115 e. The fourth-order valence-electron chi connectivity index (χ4n) is 1.40. The van der Waals surface area contributed by atoms with Crippen LogP contribution in [0.15, 0.2) is 35.3 Å². The number of anilines is 1. The molecule has 1 aromatic heterocycles. The van der Waals surface area contributed by atoms with E-state index >= 15 is 0 Å². The first-order valence-electron chi connectivity index (χ1n) is 5.10.